The molecule has 0 saturated carbocycles. The van der Waals surface area contributed by atoms with E-state index in [2.05, 4.69) is 10.6 Å². The van der Waals surface area contributed by atoms with Gasteiger partial charge in [0.1, 0.15) is 23.5 Å². The van der Waals surface area contributed by atoms with Crippen LogP contribution in [-0.2, 0) is 16.0 Å². The first kappa shape index (κ1) is 21.5. The van der Waals surface area contributed by atoms with Gasteiger partial charge in [-0.15, -0.1) is 0 Å². The number of hydrogen-bond donors (Lipinski definition) is 5. The normalized spacial score (nSPS) is 24.5. The number of hydrogen-bond acceptors (Lipinski definition) is 7. The van der Waals surface area contributed by atoms with Gasteiger partial charge in [0.15, 0.2) is 6.10 Å². The number of fused-ring (bicyclic) bond motifs is 1. The molecular weight excluding hydrogens is 376 g/mol. The Kier molecular flexibility index (Phi) is 6.77. The number of amides is 1. The Labute approximate surface area is 170 Å². The van der Waals surface area contributed by atoms with Crippen molar-refractivity contribution in [1.82, 2.24) is 10.6 Å². The van der Waals surface area contributed by atoms with E-state index in [1.807, 2.05) is 13.8 Å². The zero-order valence-electron chi connectivity index (χ0n) is 16.8. The predicted octanol–water partition coefficient (Wildman–Crippen LogP) is 0.478. The number of carbonyl (C=O) groups is 2. The van der Waals surface area contributed by atoms with Crippen LogP contribution in [0.2, 0.25) is 0 Å². The Balaban J connectivity index is 1.72. The number of aliphatic hydroxyl groups is 2. The summed E-state index contributed by atoms with van der Waals surface area (Å²) in [7, 11) is 0. The highest BCUT2D eigenvalue weighted by atomic mass is 16.5. The van der Waals surface area contributed by atoms with Gasteiger partial charge in [-0.1, -0.05) is 26.0 Å². The van der Waals surface area contributed by atoms with Crippen molar-refractivity contribution in [2.75, 3.05) is 6.54 Å². The van der Waals surface area contributed by atoms with Crippen molar-refractivity contribution in [1.29, 1.82) is 0 Å². The monoisotopic (exact) mass is 406 g/mol. The first-order chi connectivity index (χ1) is 13.8. The van der Waals surface area contributed by atoms with Crippen molar-refractivity contribution in [3.63, 3.8) is 0 Å². The molecule has 0 spiro atoms. The molecule has 1 saturated heterocycles. The molecule has 0 aromatic heterocycles. The molecule has 3 rings (SSSR count). The average molecular weight is 406 g/mol. The molecule has 2 aliphatic rings. The van der Waals surface area contributed by atoms with Crippen molar-refractivity contribution in [2.45, 2.75) is 69.9 Å². The summed E-state index contributed by atoms with van der Waals surface area (Å²) < 4.78 is 5.53. The molecular formula is C21H30N2O6. The predicted molar refractivity (Wildman–Crippen MR) is 105 cm³/mol. The molecule has 1 fully saturated rings. The van der Waals surface area contributed by atoms with Gasteiger partial charge in [0.25, 0.3) is 5.91 Å². The van der Waals surface area contributed by atoms with Gasteiger partial charge in [-0.3, -0.25) is 4.79 Å². The summed E-state index contributed by atoms with van der Waals surface area (Å²) in [6.07, 6.45) is -0.951. The van der Waals surface area contributed by atoms with Crippen LogP contribution in [0.25, 0.3) is 0 Å². The molecule has 8 heteroatoms. The number of phenolic OH excluding ortho intramolecular Hbond substituents is 1. The first-order valence-corrected chi connectivity index (χ1v) is 10.2. The van der Waals surface area contributed by atoms with Crippen molar-refractivity contribution >= 4 is 11.9 Å². The van der Waals surface area contributed by atoms with Crippen LogP contribution < -0.4 is 10.6 Å². The molecule has 1 amide bonds. The highest BCUT2D eigenvalue weighted by Gasteiger charge is 2.38. The zero-order chi connectivity index (χ0) is 21.1. The second kappa shape index (κ2) is 9.11. The third-order valence-corrected chi connectivity index (χ3v) is 5.62. The van der Waals surface area contributed by atoms with E-state index in [1.54, 1.807) is 12.1 Å². The van der Waals surface area contributed by atoms with Crippen LogP contribution in [0, 0.1) is 5.92 Å². The number of rotatable bonds is 7. The maximum Gasteiger partial charge on any atom is 0.342 e. The number of esters is 1. The lowest BCUT2D eigenvalue weighted by molar-refractivity contribution is -0.138. The topological polar surface area (TPSA) is 128 Å². The van der Waals surface area contributed by atoms with Gasteiger partial charge in [0.2, 0.25) is 0 Å². The van der Waals surface area contributed by atoms with Gasteiger partial charge < -0.3 is 30.7 Å². The van der Waals surface area contributed by atoms with Crippen LogP contribution >= 0.6 is 0 Å². The number of aliphatic hydroxyl groups excluding tert-OH is 2. The van der Waals surface area contributed by atoms with Crippen LogP contribution in [0.15, 0.2) is 18.2 Å². The molecule has 5 atom stereocenters. The maximum absolute atomic E-state index is 12.6. The highest BCUT2D eigenvalue weighted by Crippen LogP contribution is 2.30. The molecule has 0 unspecified atom stereocenters. The second-order valence-electron chi connectivity index (χ2n) is 8.34. The fourth-order valence-corrected chi connectivity index (χ4v) is 4.13. The Morgan fingerprint density at radius 2 is 2.10 bits per heavy atom. The number of phenols is 1. The van der Waals surface area contributed by atoms with Crippen LogP contribution in [0.4, 0.5) is 0 Å². The minimum atomic E-state index is -1.57. The number of benzene rings is 1. The van der Waals surface area contributed by atoms with Crippen LogP contribution in [0.5, 0.6) is 5.75 Å². The molecule has 29 heavy (non-hydrogen) atoms. The Hall–Kier alpha value is -2.16. The van der Waals surface area contributed by atoms with E-state index in [9.17, 15) is 24.9 Å². The van der Waals surface area contributed by atoms with Gasteiger partial charge in [-0.25, -0.2) is 4.79 Å². The molecule has 2 heterocycles. The van der Waals surface area contributed by atoms with Crippen LogP contribution in [-0.4, -0.2) is 64.1 Å². The van der Waals surface area contributed by atoms with Crippen molar-refractivity contribution in [3.05, 3.63) is 29.3 Å². The largest absolute Gasteiger partial charge is 0.507 e. The summed E-state index contributed by atoms with van der Waals surface area (Å²) >= 11 is 0. The van der Waals surface area contributed by atoms with Gasteiger partial charge >= 0.3 is 5.97 Å². The smallest absolute Gasteiger partial charge is 0.342 e. The number of nitrogens with one attached hydrogen (secondary N) is 2. The summed E-state index contributed by atoms with van der Waals surface area (Å²) in [5.74, 6) is -1.25. The third-order valence-electron chi connectivity index (χ3n) is 5.62. The Bertz CT molecular complexity index is 747. The molecule has 5 N–H and O–H groups in total. The Morgan fingerprint density at radius 1 is 1.34 bits per heavy atom. The lowest BCUT2D eigenvalue weighted by Gasteiger charge is -2.34. The molecule has 0 radical (unpaired) electrons. The number of ether oxygens (including phenoxy) is 1. The minimum absolute atomic E-state index is 0.127. The Morgan fingerprint density at radius 3 is 2.76 bits per heavy atom. The first-order valence-electron chi connectivity index (χ1n) is 10.2. The van der Waals surface area contributed by atoms with E-state index in [0.29, 0.717) is 24.8 Å². The summed E-state index contributed by atoms with van der Waals surface area (Å²) in [6.45, 7) is 4.71. The van der Waals surface area contributed by atoms with E-state index in [-0.39, 0.29) is 23.3 Å². The van der Waals surface area contributed by atoms with E-state index in [0.717, 1.165) is 13.0 Å². The molecule has 1 aromatic carbocycles. The fraction of sp³-hybridized carbons (Fsp3) is 0.619. The third kappa shape index (κ3) is 4.88. The molecule has 8 nitrogen and oxygen atoms in total. The number of carbonyl (C=O) groups excluding carboxylic acids is 2. The number of cyclic esters (lactones) is 1. The van der Waals surface area contributed by atoms with Crippen LogP contribution in [0.1, 0.15) is 49.0 Å². The lowest BCUT2D eigenvalue weighted by atomic mass is 9.90. The summed E-state index contributed by atoms with van der Waals surface area (Å²) in [6, 6.07) is 4.00. The fourth-order valence-electron chi connectivity index (χ4n) is 4.13. The summed E-state index contributed by atoms with van der Waals surface area (Å²) in [5, 5.41) is 36.4. The standard InChI is InChI=1S/C21H30N2O6/c1-11(2)9-14(23-20(27)19(26)18(25)13-6-4-8-22-13)16-10-12-5-3-7-15(24)17(12)21(28)29-16/h3,5,7,11,13-14,16,18-19,22,24-26H,4,6,8-10H2,1-2H3,(H,23,27)/t13-,14+,16-,18-,19-/m1/s1. The van der Waals surface area contributed by atoms with E-state index < -0.39 is 36.2 Å². The second-order valence-corrected chi connectivity index (χ2v) is 8.34. The molecule has 0 aliphatic carbocycles. The van der Waals surface area contributed by atoms with Crippen LogP contribution in [0.3, 0.4) is 0 Å². The maximum atomic E-state index is 12.6. The minimum Gasteiger partial charge on any atom is -0.507 e. The van der Waals surface area contributed by atoms with E-state index in [1.165, 1.54) is 6.07 Å². The molecule has 2 aliphatic heterocycles. The molecule has 160 valence electrons. The van der Waals surface area contributed by atoms with Gasteiger partial charge in [-0.05, 0) is 43.4 Å². The van der Waals surface area contributed by atoms with Crippen molar-refractivity contribution in [3.8, 4) is 5.75 Å². The summed E-state index contributed by atoms with van der Waals surface area (Å²) in [5.41, 5.74) is 0.811. The van der Waals surface area contributed by atoms with Gasteiger partial charge in [0, 0.05) is 12.5 Å². The van der Waals surface area contributed by atoms with Gasteiger partial charge in [0.05, 0.1) is 6.04 Å². The van der Waals surface area contributed by atoms with E-state index in [4.69, 9.17) is 4.74 Å². The number of aromatic hydroxyl groups is 1. The highest BCUT2D eigenvalue weighted by molar-refractivity contribution is 5.95. The summed E-state index contributed by atoms with van der Waals surface area (Å²) in [4.78, 5) is 25.0. The quantitative estimate of drug-likeness (QED) is 0.417. The zero-order valence-corrected chi connectivity index (χ0v) is 16.8. The van der Waals surface area contributed by atoms with Crippen molar-refractivity contribution in [2.24, 2.45) is 5.92 Å². The van der Waals surface area contributed by atoms with E-state index >= 15 is 0 Å². The lowest BCUT2D eigenvalue weighted by Crippen LogP contribution is -2.55. The average Bonchev–Trinajstić information content (AvgIpc) is 3.20. The molecule has 1 aromatic rings. The SMILES string of the molecule is CC(C)C[C@H](NC(=O)[C@H](O)[C@H](O)[C@H]1CCCN1)[C@H]1Cc2cccc(O)c2C(=O)O1. The van der Waals surface area contributed by atoms with Crippen molar-refractivity contribution < 1.29 is 29.6 Å². The van der Waals surface area contributed by atoms with Gasteiger partial charge in [-0.2, -0.15) is 0 Å². The molecule has 0 bridgehead atoms.